The van der Waals surface area contributed by atoms with E-state index in [1.807, 2.05) is 6.20 Å². The summed E-state index contributed by atoms with van der Waals surface area (Å²) >= 11 is 3.66. The fourth-order valence-electron chi connectivity index (χ4n) is 2.91. The van der Waals surface area contributed by atoms with Crippen LogP contribution in [-0.2, 0) is 0 Å². The smallest absolute Gasteiger partial charge is 0.143 e. The van der Waals surface area contributed by atoms with Crippen molar-refractivity contribution in [2.45, 2.75) is 32.2 Å². The molecule has 80 valence electrons. The summed E-state index contributed by atoms with van der Waals surface area (Å²) in [6, 6.07) is 2.81. The maximum Gasteiger partial charge on any atom is 0.143 e. The lowest BCUT2D eigenvalue weighted by molar-refractivity contribution is 0.550. The van der Waals surface area contributed by atoms with Gasteiger partial charge in [0.05, 0.1) is 4.47 Å². The van der Waals surface area contributed by atoms with E-state index in [2.05, 4.69) is 38.8 Å². The fourth-order valence-corrected chi connectivity index (χ4v) is 3.37. The Labute approximate surface area is 98.8 Å². The third-order valence-corrected chi connectivity index (χ3v) is 4.73. The number of nitrogens with zero attached hydrogens (tertiary/aromatic N) is 2. The van der Waals surface area contributed by atoms with E-state index in [0.29, 0.717) is 0 Å². The third kappa shape index (κ3) is 1.48. The minimum Gasteiger partial charge on any atom is -0.352 e. The molecule has 2 fully saturated rings. The summed E-state index contributed by atoms with van der Waals surface area (Å²) in [6.45, 7) is 3.34. The Hall–Kier alpha value is -0.570. The van der Waals surface area contributed by atoms with Crippen molar-refractivity contribution in [3.63, 3.8) is 0 Å². The van der Waals surface area contributed by atoms with Crippen LogP contribution in [0.5, 0.6) is 0 Å². The van der Waals surface area contributed by atoms with Crippen molar-refractivity contribution in [2.24, 2.45) is 5.92 Å². The number of piperidine rings is 1. The Morgan fingerprint density at radius 1 is 1.47 bits per heavy atom. The Bertz CT molecular complexity index is 391. The predicted molar refractivity (Wildman–Crippen MR) is 65.1 cm³/mol. The van der Waals surface area contributed by atoms with E-state index in [4.69, 9.17) is 0 Å². The van der Waals surface area contributed by atoms with Gasteiger partial charge in [0.15, 0.2) is 0 Å². The summed E-state index contributed by atoms with van der Waals surface area (Å²) in [5, 5.41) is 0. The van der Waals surface area contributed by atoms with Gasteiger partial charge in [-0.1, -0.05) is 0 Å². The maximum absolute atomic E-state index is 4.52. The number of hydrogen-bond donors (Lipinski definition) is 0. The summed E-state index contributed by atoms with van der Waals surface area (Å²) in [6.07, 6.45) is 6.07. The largest absolute Gasteiger partial charge is 0.352 e. The van der Waals surface area contributed by atoms with Crippen LogP contribution in [0.25, 0.3) is 0 Å². The van der Waals surface area contributed by atoms with E-state index in [1.165, 1.54) is 35.8 Å². The van der Waals surface area contributed by atoms with Gasteiger partial charge in [0.2, 0.25) is 0 Å². The second kappa shape index (κ2) is 3.48. The van der Waals surface area contributed by atoms with Crippen LogP contribution in [0, 0.1) is 12.8 Å². The zero-order chi connectivity index (χ0) is 10.4. The number of anilines is 1. The lowest BCUT2D eigenvalue weighted by atomic mass is 10.1. The van der Waals surface area contributed by atoms with Crippen molar-refractivity contribution < 1.29 is 0 Å². The zero-order valence-electron chi connectivity index (χ0n) is 8.91. The van der Waals surface area contributed by atoms with Crippen LogP contribution in [0.4, 0.5) is 5.82 Å². The fraction of sp³-hybridized carbons (Fsp3) is 0.583. The first kappa shape index (κ1) is 9.64. The molecule has 3 rings (SSSR count). The van der Waals surface area contributed by atoms with Crippen molar-refractivity contribution in [1.29, 1.82) is 0 Å². The molecule has 1 aromatic heterocycles. The molecule has 2 bridgehead atoms. The van der Waals surface area contributed by atoms with Gasteiger partial charge in [-0.3, -0.25) is 0 Å². The first-order valence-corrected chi connectivity index (χ1v) is 6.43. The van der Waals surface area contributed by atoms with Crippen molar-refractivity contribution in [1.82, 2.24) is 4.98 Å². The van der Waals surface area contributed by atoms with Crippen LogP contribution < -0.4 is 4.90 Å². The number of fused-ring (bicyclic) bond motifs is 2. The quantitative estimate of drug-likeness (QED) is 0.777. The number of pyridine rings is 1. The molecular formula is C12H15BrN2. The highest BCUT2D eigenvalue weighted by Gasteiger charge is 2.39. The molecule has 2 unspecified atom stereocenters. The Balaban J connectivity index is 1.96. The van der Waals surface area contributed by atoms with Crippen molar-refractivity contribution >= 4 is 21.7 Å². The molecular weight excluding hydrogens is 252 g/mol. The van der Waals surface area contributed by atoms with Gasteiger partial charge >= 0.3 is 0 Å². The first-order chi connectivity index (χ1) is 7.25. The molecule has 1 aromatic rings. The number of halogens is 1. The number of aryl methyl sites for hydroxylation is 1. The normalized spacial score (nSPS) is 28.8. The summed E-state index contributed by atoms with van der Waals surface area (Å²) < 4.78 is 1.18. The Morgan fingerprint density at radius 2 is 2.33 bits per heavy atom. The van der Waals surface area contributed by atoms with Gasteiger partial charge in [0, 0.05) is 18.8 Å². The summed E-state index contributed by atoms with van der Waals surface area (Å²) in [5.74, 6) is 2.08. The molecule has 1 saturated carbocycles. The molecule has 1 aliphatic carbocycles. The van der Waals surface area contributed by atoms with Crippen LogP contribution in [0.15, 0.2) is 16.7 Å². The summed E-state index contributed by atoms with van der Waals surface area (Å²) in [5.41, 5.74) is 1.28. The van der Waals surface area contributed by atoms with Crippen LogP contribution in [-0.4, -0.2) is 17.6 Å². The highest BCUT2D eigenvalue weighted by atomic mass is 79.9. The Kier molecular flexibility index (Phi) is 2.23. The standard InChI is InChI=1S/C12H15BrN2/c1-8-4-5-14-12(11(8)13)15-7-9-2-3-10(15)6-9/h4-5,9-10H,2-3,6-7H2,1H3. The minimum absolute atomic E-state index is 0.751. The molecule has 2 atom stereocenters. The molecule has 0 spiro atoms. The van der Waals surface area contributed by atoms with Gasteiger partial charge in [-0.2, -0.15) is 0 Å². The van der Waals surface area contributed by atoms with Crippen LogP contribution in [0.1, 0.15) is 24.8 Å². The van der Waals surface area contributed by atoms with Gasteiger partial charge < -0.3 is 4.90 Å². The van der Waals surface area contributed by atoms with Crippen molar-refractivity contribution in [3.8, 4) is 0 Å². The van der Waals surface area contributed by atoms with Gasteiger partial charge in [-0.05, 0) is 59.7 Å². The molecule has 1 saturated heterocycles. The lowest BCUT2D eigenvalue weighted by Gasteiger charge is -2.29. The lowest BCUT2D eigenvalue weighted by Crippen LogP contribution is -2.32. The molecule has 0 aromatic carbocycles. The van der Waals surface area contributed by atoms with Crippen molar-refractivity contribution in [3.05, 3.63) is 22.3 Å². The number of rotatable bonds is 1. The SMILES string of the molecule is Cc1ccnc(N2CC3CCC2C3)c1Br. The van der Waals surface area contributed by atoms with Gasteiger partial charge in [0.1, 0.15) is 5.82 Å². The predicted octanol–water partition coefficient (Wildman–Crippen LogP) is 3.14. The van der Waals surface area contributed by atoms with E-state index >= 15 is 0 Å². The molecule has 15 heavy (non-hydrogen) atoms. The summed E-state index contributed by atoms with van der Waals surface area (Å²) in [4.78, 5) is 7.01. The second-order valence-electron chi connectivity index (χ2n) is 4.75. The zero-order valence-corrected chi connectivity index (χ0v) is 10.5. The van der Waals surface area contributed by atoms with E-state index in [0.717, 1.165) is 17.8 Å². The van der Waals surface area contributed by atoms with E-state index < -0.39 is 0 Å². The molecule has 0 amide bonds. The monoisotopic (exact) mass is 266 g/mol. The van der Waals surface area contributed by atoms with Crippen LogP contribution in [0.3, 0.4) is 0 Å². The van der Waals surface area contributed by atoms with E-state index in [-0.39, 0.29) is 0 Å². The molecule has 1 aliphatic heterocycles. The van der Waals surface area contributed by atoms with Crippen LogP contribution in [0.2, 0.25) is 0 Å². The third-order valence-electron chi connectivity index (χ3n) is 3.75. The van der Waals surface area contributed by atoms with Gasteiger partial charge in [-0.15, -0.1) is 0 Å². The molecule has 2 nitrogen and oxygen atoms in total. The van der Waals surface area contributed by atoms with Gasteiger partial charge in [-0.25, -0.2) is 4.98 Å². The first-order valence-electron chi connectivity index (χ1n) is 5.63. The van der Waals surface area contributed by atoms with Crippen molar-refractivity contribution in [2.75, 3.05) is 11.4 Å². The average molecular weight is 267 g/mol. The van der Waals surface area contributed by atoms with Crippen LogP contribution >= 0.6 is 15.9 Å². The van der Waals surface area contributed by atoms with E-state index in [9.17, 15) is 0 Å². The number of aromatic nitrogens is 1. The summed E-state index contributed by atoms with van der Waals surface area (Å²) in [7, 11) is 0. The second-order valence-corrected chi connectivity index (χ2v) is 5.54. The highest BCUT2D eigenvalue weighted by molar-refractivity contribution is 9.10. The minimum atomic E-state index is 0.751. The Morgan fingerprint density at radius 3 is 3.00 bits per heavy atom. The number of hydrogen-bond acceptors (Lipinski definition) is 2. The molecule has 3 heteroatoms. The van der Waals surface area contributed by atoms with Gasteiger partial charge in [0.25, 0.3) is 0 Å². The topological polar surface area (TPSA) is 16.1 Å². The molecule has 0 radical (unpaired) electrons. The molecule has 2 aliphatic rings. The molecule has 2 heterocycles. The average Bonchev–Trinajstić information content (AvgIpc) is 2.83. The van der Waals surface area contributed by atoms with E-state index in [1.54, 1.807) is 0 Å². The maximum atomic E-state index is 4.52. The molecule has 0 N–H and O–H groups in total. The highest BCUT2D eigenvalue weighted by Crippen LogP contribution is 2.41.